The summed E-state index contributed by atoms with van der Waals surface area (Å²) in [7, 11) is -2.96. The Morgan fingerprint density at radius 3 is 2.73 bits per heavy atom. The van der Waals surface area contributed by atoms with E-state index in [9.17, 15) is 8.42 Å². The van der Waals surface area contributed by atoms with Crippen LogP contribution in [-0.2, 0) is 15.6 Å². The minimum Gasteiger partial charge on any atom is -0.229 e. The summed E-state index contributed by atoms with van der Waals surface area (Å²) in [5.74, 6) is 0.101. The van der Waals surface area contributed by atoms with Gasteiger partial charge in [-0.1, -0.05) is 11.6 Å². The zero-order chi connectivity index (χ0) is 11.1. The first-order chi connectivity index (χ1) is 6.94. The number of thiophene rings is 1. The van der Waals surface area contributed by atoms with Gasteiger partial charge in [0.05, 0.1) is 5.75 Å². The lowest BCUT2D eigenvalue weighted by Gasteiger charge is -1.91. The molecule has 0 unspecified atom stereocenters. The van der Waals surface area contributed by atoms with Gasteiger partial charge < -0.3 is 0 Å². The Hall–Kier alpha value is -0.580. The molecule has 1 aromatic carbocycles. The Labute approximate surface area is 97.4 Å². The monoisotopic (exact) mass is 260 g/mol. The number of benzene rings is 1. The molecule has 0 fully saturated rings. The Bertz CT molecular complexity index is 599. The Kier molecular flexibility index (Phi) is 2.75. The zero-order valence-corrected chi connectivity index (χ0v) is 10.4. The first-order valence-electron chi connectivity index (χ1n) is 4.30. The molecule has 2 aromatic rings. The maximum absolute atomic E-state index is 11.1. The summed E-state index contributed by atoms with van der Waals surface area (Å²) < 4.78 is 23.3. The fourth-order valence-electron chi connectivity index (χ4n) is 1.40. The van der Waals surface area contributed by atoms with Crippen molar-refractivity contribution in [1.29, 1.82) is 0 Å². The van der Waals surface area contributed by atoms with E-state index in [-0.39, 0.29) is 5.75 Å². The molecule has 15 heavy (non-hydrogen) atoms. The van der Waals surface area contributed by atoms with Crippen LogP contribution in [0.2, 0.25) is 5.02 Å². The van der Waals surface area contributed by atoms with E-state index < -0.39 is 9.84 Å². The molecular weight excluding hydrogens is 252 g/mol. The van der Waals surface area contributed by atoms with Crippen molar-refractivity contribution in [3.05, 3.63) is 34.2 Å². The number of hydrogen-bond acceptors (Lipinski definition) is 3. The maximum Gasteiger partial charge on any atom is 0.152 e. The molecule has 2 rings (SSSR count). The molecule has 0 aliphatic heterocycles. The highest BCUT2D eigenvalue weighted by Crippen LogP contribution is 2.28. The number of halogens is 1. The molecule has 0 aliphatic rings. The normalized spacial score (nSPS) is 12.1. The number of rotatable bonds is 2. The molecular formula is C10H9ClO2S2. The lowest BCUT2D eigenvalue weighted by atomic mass is 10.2. The maximum atomic E-state index is 11.1. The molecule has 0 saturated carbocycles. The van der Waals surface area contributed by atoms with Crippen LogP contribution in [0.1, 0.15) is 4.88 Å². The molecule has 5 heteroatoms. The molecule has 1 aromatic heterocycles. The van der Waals surface area contributed by atoms with Crippen LogP contribution in [0.25, 0.3) is 10.1 Å². The van der Waals surface area contributed by atoms with Gasteiger partial charge in [0.1, 0.15) is 0 Å². The van der Waals surface area contributed by atoms with E-state index in [1.54, 1.807) is 0 Å². The molecule has 0 amide bonds. The van der Waals surface area contributed by atoms with Crippen LogP contribution in [0, 0.1) is 0 Å². The van der Waals surface area contributed by atoms with Gasteiger partial charge in [0.25, 0.3) is 0 Å². The fraction of sp³-hybridized carbons (Fsp3) is 0.200. The summed E-state index contributed by atoms with van der Waals surface area (Å²) in [4.78, 5) is 0.856. The lowest BCUT2D eigenvalue weighted by molar-refractivity contribution is 0.601. The minimum absolute atomic E-state index is 0.101. The molecule has 0 atom stereocenters. The van der Waals surface area contributed by atoms with Gasteiger partial charge in [-0.2, -0.15) is 0 Å². The summed E-state index contributed by atoms with van der Waals surface area (Å²) in [6.45, 7) is 0. The average molecular weight is 261 g/mol. The number of sulfone groups is 1. The van der Waals surface area contributed by atoms with E-state index >= 15 is 0 Å². The van der Waals surface area contributed by atoms with E-state index in [2.05, 4.69) is 0 Å². The molecule has 1 heterocycles. The van der Waals surface area contributed by atoms with Gasteiger partial charge in [-0.05, 0) is 29.7 Å². The molecule has 80 valence electrons. The quantitative estimate of drug-likeness (QED) is 0.832. The van der Waals surface area contributed by atoms with Gasteiger partial charge in [-0.3, -0.25) is 0 Å². The highest BCUT2D eigenvalue weighted by Gasteiger charge is 2.08. The molecule has 0 N–H and O–H groups in total. The Morgan fingerprint density at radius 2 is 2.07 bits per heavy atom. The Balaban J connectivity index is 2.48. The van der Waals surface area contributed by atoms with Crippen molar-refractivity contribution in [2.45, 2.75) is 5.75 Å². The lowest BCUT2D eigenvalue weighted by Crippen LogP contribution is -1.98. The molecule has 0 aliphatic carbocycles. The molecule has 0 bridgehead atoms. The largest absolute Gasteiger partial charge is 0.229 e. The SMILES string of the molecule is CS(=O)(=O)Cc1cc2cc(Cl)ccc2s1. The Morgan fingerprint density at radius 1 is 1.33 bits per heavy atom. The van der Waals surface area contributed by atoms with Crippen molar-refractivity contribution in [3.8, 4) is 0 Å². The average Bonchev–Trinajstić information content (AvgIpc) is 2.42. The molecule has 0 spiro atoms. The molecule has 0 saturated heterocycles. The smallest absolute Gasteiger partial charge is 0.152 e. The third-order valence-corrected chi connectivity index (χ3v) is 4.30. The minimum atomic E-state index is -2.96. The van der Waals surface area contributed by atoms with Crippen molar-refractivity contribution >= 4 is 42.9 Å². The van der Waals surface area contributed by atoms with Gasteiger partial charge in [0.2, 0.25) is 0 Å². The summed E-state index contributed by atoms with van der Waals surface area (Å²) in [6.07, 6.45) is 1.24. The first-order valence-corrected chi connectivity index (χ1v) is 7.55. The van der Waals surface area contributed by atoms with Crippen molar-refractivity contribution in [1.82, 2.24) is 0 Å². The predicted octanol–water partition coefficient (Wildman–Crippen LogP) is 3.10. The van der Waals surface area contributed by atoms with Crippen LogP contribution in [-0.4, -0.2) is 14.7 Å². The zero-order valence-electron chi connectivity index (χ0n) is 8.03. The fourth-order valence-corrected chi connectivity index (χ4v) is 3.90. The number of fused-ring (bicyclic) bond motifs is 1. The number of hydrogen-bond donors (Lipinski definition) is 0. The second-order valence-corrected chi connectivity index (χ2v) is 7.21. The van der Waals surface area contributed by atoms with Crippen molar-refractivity contribution in [3.63, 3.8) is 0 Å². The van der Waals surface area contributed by atoms with E-state index in [1.165, 1.54) is 17.6 Å². The molecule has 0 radical (unpaired) electrons. The second-order valence-electron chi connectivity index (χ2n) is 3.46. The van der Waals surface area contributed by atoms with Crippen LogP contribution in [0.4, 0.5) is 0 Å². The summed E-state index contributed by atoms with van der Waals surface area (Å²) in [5.41, 5.74) is 0. The summed E-state index contributed by atoms with van der Waals surface area (Å²) in [5, 5.41) is 1.68. The summed E-state index contributed by atoms with van der Waals surface area (Å²) in [6, 6.07) is 7.45. The molecule has 2 nitrogen and oxygen atoms in total. The predicted molar refractivity (Wildman–Crippen MR) is 65.4 cm³/mol. The van der Waals surface area contributed by atoms with E-state index in [0.717, 1.165) is 15.0 Å². The van der Waals surface area contributed by atoms with Crippen LogP contribution in [0.5, 0.6) is 0 Å². The van der Waals surface area contributed by atoms with Crippen LogP contribution < -0.4 is 0 Å². The highest BCUT2D eigenvalue weighted by molar-refractivity contribution is 7.90. The van der Waals surface area contributed by atoms with E-state index in [1.807, 2.05) is 24.3 Å². The third kappa shape index (κ3) is 2.71. The van der Waals surface area contributed by atoms with Gasteiger partial charge >= 0.3 is 0 Å². The summed E-state index contributed by atoms with van der Waals surface area (Å²) >= 11 is 7.34. The first kappa shape index (κ1) is 10.9. The van der Waals surface area contributed by atoms with E-state index in [4.69, 9.17) is 11.6 Å². The topological polar surface area (TPSA) is 34.1 Å². The second kappa shape index (κ2) is 3.77. The standard InChI is InChI=1S/C10H9ClO2S2/c1-15(12,13)6-9-5-7-4-8(11)2-3-10(7)14-9/h2-5H,6H2,1H3. The van der Waals surface area contributed by atoms with Crippen LogP contribution in [0.15, 0.2) is 24.3 Å². The van der Waals surface area contributed by atoms with Gasteiger partial charge in [-0.25, -0.2) is 8.42 Å². The van der Waals surface area contributed by atoms with Gasteiger partial charge in [0.15, 0.2) is 9.84 Å². The van der Waals surface area contributed by atoms with E-state index in [0.29, 0.717) is 5.02 Å². The van der Waals surface area contributed by atoms with Crippen molar-refractivity contribution in [2.24, 2.45) is 0 Å². The highest BCUT2D eigenvalue weighted by atomic mass is 35.5. The third-order valence-electron chi connectivity index (χ3n) is 1.93. The van der Waals surface area contributed by atoms with Gasteiger partial charge in [0, 0.05) is 20.9 Å². The van der Waals surface area contributed by atoms with Gasteiger partial charge in [-0.15, -0.1) is 11.3 Å². The van der Waals surface area contributed by atoms with Crippen LogP contribution >= 0.6 is 22.9 Å². The van der Waals surface area contributed by atoms with Crippen molar-refractivity contribution in [2.75, 3.05) is 6.26 Å². The van der Waals surface area contributed by atoms with Crippen molar-refractivity contribution < 1.29 is 8.42 Å². The van der Waals surface area contributed by atoms with Crippen LogP contribution in [0.3, 0.4) is 0 Å².